The van der Waals surface area contributed by atoms with Crippen molar-refractivity contribution in [2.24, 2.45) is 0 Å². The molecule has 0 radical (unpaired) electrons. The average Bonchev–Trinajstić information content (AvgIpc) is 2.34. The number of nitrogens with zero attached hydrogens (tertiary/aromatic N) is 1. The SMILES string of the molecule is O=C(OCCCCCCO)c1ccncc1. The van der Waals surface area contributed by atoms with Crippen molar-refractivity contribution in [1.82, 2.24) is 4.98 Å². The second-order valence-electron chi connectivity index (χ2n) is 3.51. The van der Waals surface area contributed by atoms with E-state index in [-0.39, 0.29) is 12.6 Å². The standard InChI is InChI=1S/C12H17NO3/c14-9-3-1-2-4-10-16-12(15)11-5-7-13-8-6-11/h5-8,14H,1-4,9-10H2. The van der Waals surface area contributed by atoms with Gasteiger partial charge in [-0.25, -0.2) is 4.79 Å². The molecular weight excluding hydrogens is 206 g/mol. The van der Waals surface area contributed by atoms with E-state index in [4.69, 9.17) is 9.84 Å². The maximum atomic E-state index is 11.4. The number of carbonyl (C=O) groups is 1. The van der Waals surface area contributed by atoms with Gasteiger partial charge in [0.05, 0.1) is 12.2 Å². The normalized spacial score (nSPS) is 10.1. The zero-order chi connectivity index (χ0) is 11.6. The van der Waals surface area contributed by atoms with E-state index in [2.05, 4.69) is 4.98 Å². The molecule has 1 N–H and O–H groups in total. The lowest BCUT2D eigenvalue weighted by Crippen LogP contribution is -2.06. The Morgan fingerprint density at radius 2 is 1.88 bits per heavy atom. The molecule has 0 aliphatic rings. The first-order valence-corrected chi connectivity index (χ1v) is 5.52. The Kier molecular flexibility index (Phi) is 6.18. The topological polar surface area (TPSA) is 59.4 Å². The Hall–Kier alpha value is -1.42. The smallest absolute Gasteiger partial charge is 0.338 e. The number of rotatable bonds is 7. The fourth-order valence-corrected chi connectivity index (χ4v) is 1.30. The molecule has 0 aliphatic carbocycles. The van der Waals surface area contributed by atoms with Crippen molar-refractivity contribution >= 4 is 5.97 Å². The summed E-state index contributed by atoms with van der Waals surface area (Å²) in [5.74, 6) is -0.301. The van der Waals surface area contributed by atoms with Crippen LogP contribution < -0.4 is 0 Å². The highest BCUT2D eigenvalue weighted by Gasteiger charge is 2.04. The molecule has 0 unspecified atom stereocenters. The van der Waals surface area contributed by atoms with Crippen molar-refractivity contribution in [1.29, 1.82) is 0 Å². The Morgan fingerprint density at radius 1 is 1.19 bits per heavy atom. The molecule has 4 nitrogen and oxygen atoms in total. The van der Waals surface area contributed by atoms with Gasteiger partial charge in [-0.1, -0.05) is 6.42 Å². The zero-order valence-electron chi connectivity index (χ0n) is 9.26. The van der Waals surface area contributed by atoms with E-state index in [1.165, 1.54) is 0 Å². The largest absolute Gasteiger partial charge is 0.462 e. The van der Waals surface area contributed by atoms with Crippen LogP contribution in [0.25, 0.3) is 0 Å². The van der Waals surface area contributed by atoms with Crippen LogP contribution in [0.2, 0.25) is 0 Å². The summed E-state index contributed by atoms with van der Waals surface area (Å²) in [7, 11) is 0. The molecule has 0 amide bonds. The monoisotopic (exact) mass is 223 g/mol. The second kappa shape index (κ2) is 7.82. The second-order valence-corrected chi connectivity index (χ2v) is 3.51. The van der Waals surface area contributed by atoms with Gasteiger partial charge >= 0.3 is 5.97 Å². The van der Waals surface area contributed by atoms with Crippen LogP contribution in [0.4, 0.5) is 0 Å². The first-order valence-electron chi connectivity index (χ1n) is 5.52. The van der Waals surface area contributed by atoms with Gasteiger partial charge in [0, 0.05) is 19.0 Å². The minimum atomic E-state index is -0.301. The number of hydrogen-bond donors (Lipinski definition) is 1. The Balaban J connectivity index is 2.12. The van der Waals surface area contributed by atoms with E-state index in [1.54, 1.807) is 24.5 Å². The van der Waals surface area contributed by atoms with Crippen molar-refractivity contribution in [3.05, 3.63) is 30.1 Å². The van der Waals surface area contributed by atoms with Gasteiger partial charge in [0.15, 0.2) is 0 Å². The summed E-state index contributed by atoms with van der Waals surface area (Å²) in [6.45, 7) is 0.670. The van der Waals surface area contributed by atoms with Crippen molar-refractivity contribution in [2.75, 3.05) is 13.2 Å². The Labute approximate surface area is 95.3 Å². The summed E-state index contributed by atoms with van der Waals surface area (Å²) in [5, 5.41) is 8.57. The van der Waals surface area contributed by atoms with Gasteiger partial charge in [-0.3, -0.25) is 4.98 Å². The highest BCUT2D eigenvalue weighted by molar-refractivity contribution is 5.89. The van der Waals surface area contributed by atoms with Crippen molar-refractivity contribution in [3.63, 3.8) is 0 Å². The molecular formula is C12H17NO3. The third-order valence-electron chi connectivity index (χ3n) is 2.20. The molecule has 0 aromatic carbocycles. The highest BCUT2D eigenvalue weighted by atomic mass is 16.5. The number of pyridine rings is 1. The lowest BCUT2D eigenvalue weighted by Gasteiger charge is -2.04. The Morgan fingerprint density at radius 3 is 2.56 bits per heavy atom. The first-order chi connectivity index (χ1) is 7.84. The van der Waals surface area contributed by atoms with E-state index >= 15 is 0 Å². The fourth-order valence-electron chi connectivity index (χ4n) is 1.30. The average molecular weight is 223 g/mol. The molecule has 0 saturated heterocycles. The van der Waals surface area contributed by atoms with Gasteiger partial charge in [-0.2, -0.15) is 0 Å². The lowest BCUT2D eigenvalue weighted by atomic mass is 10.2. The molecule has 1 rings (SSSR count). The maximum absolute atomic E-state index is 11.4. The van der Waals surface area contributed by atoms with Gasteiger partial charge < -0.3 is 9.84 Å². The minimum Gasteiger partial charge on any atom is -0.462 e. The summed E-state index contributed by atoms with van der Waals surface area (Å²) >= 11 is 0. The minimum absolute atomic E-state index is 0.233. The van der Waals surface area contributed by atoms with Crippen molar-refractivity contribution in [3.8, 4) is 0 Å². The summed E-state index contributed by atoms with van der Waals surface area (Å²) in [5.41, 5.74) is 0.533. The summed E-state index contributed by atoms with van der Waals surface area (Å²) < 4.78 is 5.08. The van der Waals surface area contributed by atoms with Crippen LogP contribution in [0.5, 0.6) is 0 Å². The summed E-state index contributed by atoms with van der Waals surface area (Å²) in [4.78, 5) is 15.3. The molecule has 1 aromatic heterocycles. The predicted octanol–water partition coefficient (Wildman–Crippen LogP) is 1.79. The number of ether oxygens (including phenoxy) is 1. The zero-order valence-corrected chi connectivity index (χ0v) is 9.26. The van der Waals surface area contributed by atoms with Gasteiger partial charge in [0.2, 0.25) is 0 Å². The highest BCUT2D eigenvalue weighted by Crippen LogP contribution is 2.03. The summed E-state index contributed by atoms with van der Waals surface area (Å²) in [6, 6.07) is 3.27. The van der Waals surface area contributed by atoms with Gasteiger partial charge in [-0.05, 0) is 31.4 Å². The first kappa shape index (κ1) is 12.6. The van der Waals surface area contributed by atoms with Gasteiger partial charge in [0.1, 0.15) is 0 Å². The van der Waals surface area contributed by atoms with Crippen LogP contribution in [-0.4, -0.2) is 29.3 Å². The molecule has 0 spiro atoms. The molecule has 88 valence electrons. The Bertz CT molecular complexity index is 300. The van der Waals surface area contributed by atoms with E-state index in [1.807, 2.05) is 0 Å². The summed E-state index contributed by atoms with van der Waals surface area (Å²) in [6.07, 6.45) is 6.75. The van der Waals surface area contributed by atoms with Crippen LogP contribution in [0, 0.1) is 0 Å². The fraction of sp³-hybridized carbons (Fsp3) is 0.500. The van der Waals surface area contributed by atoms with Crippen molar-refractivity contribution < 1.29 is 14.6 Å². The van der Waals surface area contributed by atoms with Crippen LogP contribution in [0.3, 0.4) is 0 Å². The number of aromatic nitrogens is 1. The molecule has 0 atom stereocenters. The number of carbonyl (C=O) groups excluding carboxylic acids is 1. The van der Waals surface area contributed by atoms with E-state index in [0.717, 1.165) is 25.7 Å². The van der Waals surface area contributed by atoms with Crippen LogP contribution in [-0.2, 0) is 4.74 Å². The van der Waals surface area contributed by atoms with Crippen LogP contribution in [0.15, 0.2) is 24.5 Å². The molecule has 0 fully saturated rings. The van der Waals surface area contributed by atoms with Crippen LogP contribution >= 0.6 is 0 Å². The number of unbranched alkanes of at least 4 members (excludes halogenated alkanes) is 3. The molecule has 4 heteroatoms. The molecule has 1 heterocycles. The molecule has 16 heavy (non-hydrogen) atoms. The van der Waals surface area contributed by atoms with E-state index in [9.17, 15) is 4.79 Å². The molecule has 1 aromatic rings. The maximum Gasteiger partial charge on any atom is 0.338 e. The van der Waals surface area contributed by atoms with Gasteiger partial charge in [0.25, 0.3) is 0 Å². The van der Waals surface area contributed by atoms with E-state index < -0.39 is 0 Å². The van der Waals surface area contributed by atoms with Crippen molar-refractivity contribution in [2.45, 2.75) is 25.7 Å². The number of esters is 1. The predicted molar refractivity (Wildman–Crippen MR) is 60.1 cm³/mol. The van der Waals surface area contributed by atoms with Gasteiger partial charge in [-0.15, -0.1) is 0 Å². The number of aliphatic hydroxyl groups is 1. The quantitative estimate of drug-likeness (QED) is 0.565. The number of hydrogen-bond acceptors (Lipinski definition) is 4. The lowest BCUT2D eigenvalue weighted by molar-refractivity contribution is 0.0497. The molecule has 0 aliphatic heterocycles. The third kappa shape index (κ3) is 4.89. The molecule has 0 saturated carbocycles. The van der Waals surface area contributed by atoms with Crippen LogP contribution in [0.1, 0.15) is 36.0 Å². The number of aliphatic hydroxyl groups excluding tert-OH is 1. The third-order valence-corrected chi connectivity index (χ3v) is 2.20. The molecule has 0 bridgehead atoms. The van der Waals surface area contributed by atoms with E-state index in [0.29, 0.717) is 12.2 Å².